The van der Waals surface area contributed by atoms with Gasteiger partial charge in [0.25, 0.3) is 0 Å². The number of carbonyl (C=O) groups is 1. The maximum Gasteiger partial charge on any atom is 0.414 e. The SMILES string of the molecule is CCSc1n[nH]c(NC(=O)OCC(C)C)n1. The molecule has 2 N–H and O–H groups in total. The minimum atomic E-state index is -0.516. The Balaban J connectivity index is 2.37. The van der Waals surface area contributed by atoms with E-state index in [0.29, 0.717) is 23.6 Å². The monoisotopic (exact) mass is 244 g/mol. The summed E-state index contributed by atoms with van der Waals surface area (Å²) in [5, 5.41) is 9.61. The van der Waals surface area contributed by atoms with Crippen molar-refractivity contribution in [3.8, 4) is 0 Å². The fourth-order valence-corrected chi connectivity index (χ4v) is 1.40. The Morgan fingerprint density at radius 3 is 3.00 bits per heavy atom. The molecular weight excluding hydrogens is 228 g/mol. The highest BCUT2D eigenvalue weighted by molar-refractivity contribution is 7.99. The molecule has 1 rings (SSSR count). The van der Waals surface area contributed by atoms with Crippen LogP contribution in [0.4, 0.5) is 10.7 Å². The molecule has 0 aliphatic heterocycles. The number of aromatic amines is 1. The molecule has 1 aromatic heterocycles. The molecule has 1 aromatic rings. The van der Waals surface area contributed by atoms with Crippen LogP contribution in [0.1, 0.15) is 20.8 Å². The zero-order valence-electron chi connectivity index (χ0n) is 9.61. The van der Waals surface area contributed by atoms with Crippen LogP contribution in [0.5, 0.6) is 0 Å². The number of aromatic nitrogens is 3. The first-order chi connectivity index (χ1) is 7.61. The van der Waals surface area contributed by atoms with E-state index in [1.807, 2.05) is 20.8 Å². The fraction of sp³-hybridized carbons (Fsp3) is 0.667. The third kappa shape index (κ3) is 4.52. The standard InChI is InChI=1S/C9H16N4O2S/c1-4-16-8-10-7(12-13-8)11-9(14)15-5-6(2)3/h6H,4-5H2,1-3H3,(H2,10,11,12,13,14). The number of H-pyrrole nitrogens is 1. The molecule has 0 aliphatic carbocycles. The van der Waals surface area contributed by atoms with Gasteiger partial charge in [-0.3, -0.25) is 5.32 Å². The normalized spacial score (nSPS) is 10.5. The Labute approximate surface area is 98.6 Å². The van der Waals surface area contributed by atoms with Crippen molar-refractivity contribution in [3.63, 3.8) is 0 Å². The first-order valence-electron chi connectivity index (χ1n) is 5.10. The summed E-state index contributed by atoms with van der Waals surface area (Å²) >= 11 is 1.50. The molecule has 0 bridgehead atoms. The van der Waals surface area contributed by atoms with Crippen LogP contribution in [0, 0.1) is 5.92 Å². The summed E-state index contributed by atoms with van der Waals surface area (Å²) in [6.07, 6.45) is -0.516. The molecule has 0 saturated carbocycles. The molecule has 90 valence electrons. The topological polar surface area (TPSA) is 79.9 Å². The van der Waals surface area contributed by atoms with E-state index in [2.05, 4.69) is 20.5 Å². The van der Waals surface area contributed by atoms with Crippen molar-refractivity contribution < 1.29 is 9.53 Å². The van der Waals surface area contributed by atoms with Crippen LogP contribution < -0.4 is 5.32 Å². The molecular formula is C9H16N4O2S. The highest BCUT2D eigenvalue weighted by Gasteiger charge is 2.08. The molecule has 0 aromatic carbocycles. The van der Waals surface area contributed by atoms with E-state index in [4.69, 9.17) is 4.74 Å². The summed E-state index contributed by atoms with van der Waals surface area (Å²) in [6, 6.07) is 0. The number of amides is 1. The minimum absolute atomic E-state index is 0.310. The zero-order chi connectivity index (χ0) is 12.0. The lowest BCUT2D eigenvalue weighted by Crippen LogP contribution is -2.17. The molecule has 0 aliphatic rings. The average Bonchev–Trinajstić information content (AvgIpc) is 2.63. The van der Waals surface area contributed by atoms with Gasteiger partial charge in [0.05, 0.1) is 6.61 Å². The fourth-order valence-electron chi connectivity index (χ4n) is 0.871. The van der Waals surface area contributed by atoms with Crippen LogP contribution in [-0.4, -0.2) is 33.6 Å². The molecule has 0 fully saturated rings. The molecule has 7 heteroatoms. The predicted molar refractivity (Wildman–Crippen MR) is 62.6 cm³/mol. The molecule has 6 nitrogen and oxygen atoms in total. The van der Waals surface area contributed by atoms with E-state index in [-0.39, 0.29) is 0 Å². The van der Waals surface area contributed by atoms with Gasteiger partial charge < -0.3 is 4.74 Å². The summed E-state index contributed by atoms with van der Waals surface area (Å²) in [6.45, 7) is 6.33. The minimum Gasteiger partial charge on any atom is -0.449 e. The quantitative estimate of drug-likeness (QED) is 0.775. The van der Waals surface area contributed by atoms with Crippen LogP contribution >= 0.6 is 11.8 Å². The molecule has 0 atom stereocenters. The number of thioether (sulfide) groups is 1. The van der Waals surface area contributed by atoms with Crippen LogP contribution in [-0.2, 0) is 4.74 Å². The molecule has 16 heavy (non-hydrogen) atoms. The van der Waals surface area contributed by atoms with Crippen molar-refractivity contribution in [3.05, 3.63) is 0 Å². The van der Waals surface area contributed by atoms with Crippen LogP contribution in [0.2, 0.25) is 0 Å². The average molecular weight is 244 g/mol. The van der Waals surface area contributed by atoms with Gasteiger partial charge in [0.1, 0.15) is 0 Å². The van der Waals surface area contributed by atoms with Gasteiger partial charge in [0, 0.05) is 0 Å². The first kappa shape index (κ1) is 12.8. The van der Waals surface area contributed by atoms with Crippen molar-refractivity contribution in [2.24, 2.45) is 5.92 Å². The number of ether oxygens (including phenoxy) is 1. The lowest BCUT2D eigenvalue weighted by Gasteiger charge is -2.06. The highest BCUT2D eigenvalue weighted by Crippen LogP contribution is 2.12. The summed E-state index contributed by atoms with van der Waals surface area (Å²) < 4.78 is 4.93. The lowest BCUT2D eigenvalue weighted by atomic mass is 10.2. The van der Waals surface area contributed by atoms with Gasteiger partial charge in [-0.25, -0.2) is 9.89 Å². The molecule has 0 radical (unpaired) electrons. The summed E-state index contributed by atoms with van der Waals surface area (Å²) in [5.74, 6) is 1.51. The van der Waals surface area contributed by atoms with Crippen molar-refractivity contribution in [1.82, 2.24) is 15.2 Å². The van der Waals surface area contributed by atoms with Gasteiger partial charge in [-0.1, -0.05) is 32.5 Å². The smallest absolute Gasteiger partial charge is 0.414 e. The number of rotatable bonds is 5. The van der Waals surface area contributed by atoms with E-state index >= 15 is 0 Å². The Kier molecular flexibility index (Phi) is 5.10. The first-order valence-corrected chi connectivity index (χ1v) is 6.09. The van der Waals surface area contributed by atoms with E-state index in [9.17, 15) is 4.79 Å². The molecule has 1 heterocycles. The largest absolute Gasteiger partial charge is 0.449 e. The Morgan fingerprint density at radius 2 is 2.38 bits per heavy atom. The molecule has 0 saturated heterocycles. The highest BCUT2D eigenvalue weighted by atomic mass is 32.2. The number of anilines is 1. The zero-order valence-corrected chi connectivity index (χ0v) is 10.4. The third-order valence-corrected chi connectivity index (χ3v) is 2.24. The number of nitrogens with one attached hydrogen (secondary N) is 2. The number of nitrogens with zero attached hydrogens (tertiary/aromatic N) is 2. The predicted octanol–water partition coefficient (Wildman–Crippen LogP) is 2.12. The van der Waals surface area contributed by atoms with Crippen LogP contribution in [0.3, 0.4) is 0 Å². The van der Waals surface area contributed by atoms with E-state index < -0.39 is 6.09 Å². The van der Waals surface area contributed by atoms with Gasteiger partial charge in [-0.15, -0.1) is 5.10 Å². The number of hydrogen-bond acceptors (Lipinski definition) is 5. The lowest BCUT2D eigenvalue weighted by molar-refractivity contribution is 0.147. The van der Waals surface area contributed by atoms with Crippen molar-refractivity contribution >= 4 is 23.8 Å². The van der Waals surface area contributed by atoms with Crippen molar-refractivity contribution in [2.75, 3.05) is 17.7 Å². The molecule has 1 amide bonds. The number of hydrogen-bond donors (Lipinski definition) is 2. The summed E-state index contributed by atoms with van der Waals surface area (Å²) in [5.41, 5.74) is 0. The molecule has 0 unspecified atom stereocenters. The summed E-state index contributed by atoms with van der Waals surface area (Å²) in [7, 11) is 0. The van der Waals surface area contributed by atoms with Crippen molar-refractivity contribution in [2.45, 2.75) is 25.9 Å². The van der Waals surface area contributed by atoms with E-state index in [0.717, 1.165) is 5.75 Å². The Hall–Kier alpha value is -1.24. The molecule has 0 spiro atoms. The van der Waals surface area contributed by atoms with Crippen LogP contribution in [0.25, 0.3) is 0 Å². The van der Waals surface area contributed by atoms with E-state index in [1.165, 1.54) is 11.8 Å². The van der Waals surface area contributed by atoms with Gasteiger partial charge in [-0.2, -0.15) is 4.98 Å². The van der Waals surface area contributed by atoms with Gasteiger partial charge >= 0.3 is 6.09 Å². The number of carbonyl (C=O) groups excluding carboxylic acids is 1. The second-order valence-electron chi connectivity index (χ2n) is 3.52. The maximum atomic E-state index is 11.3. The van der Waals surface area contributed by atoms with Gasteiger partial charge in [0.15, 0.2) is 0 Å². The Bertz CT molecular complexity index is 340. The van der Waals surface area contributed by atoms with Crippen molar-refractivity contribution in [1.29, 1.82) is 0 Å². The second kappa shape index (κ2) is 6.37. The van der Waals surface area contributed by atoms with E-state index in [1.54, 1.807) is 0 Å². The maximum absolute atomic E-state index is 11.3. The Morgan fingerprint density at radius 1 is 1.62 bits per heavy atom. The third-order valence-electron chi connectivity index (χ3n) is 1.51. The van der Waals surface area contributed by atoms with Gasteiger partial charge in [-0.05, 0) is 11.7 Å². The summed E-state index contributed by atoms with van der Waals surface area (Å²) in [4.78, 5) is 15.3. The second-order valence-corrected chi connectivity index (χ2v) is 4.75. The van der Waals surface area contributed by atoms with Gasteiger partial charge in [0.2, 0.25) is 11.1 Å². The van der Waals surface area contributed by atoms with Crippen LogP contribution in [0.15, 0.2) is 5.16 Å².